The van der Waals surface area contributed by atoms with E-state index in [0.29, 0.717) is 13.1 Å². The number of halogens is 1. The van der Waals surface area contributed by atoms with Crippen molar-refractivity contribution in [3.8, 4) is 0 Å². The molecule has 0 radical (unpaired) electrons. The number of carbonyl (C=O) groups is 2. The molecule has 2 fully saturated rings. The molecule has 0 aromatic heterocycles. The van der Waals surface area contributed by atoms with E-state index in [4.69, 9.17) is 4.74 Å². The first-order valence-electron chi connectivity index (χ1n) is 13.0. The van der Waals surface area contributed by atoms with Crippen molar-refractivity contribution < 1.29 is 24.5 Å². The molecule has 8 heteroatoms. The predicted octanol–water partition coefficient (Wildman–Crippen LogP) is 3.83. The van der Waals surface area contributed by atoms with Gasteiger partial charge in [-0.15, -0.1) is 0 Å². The molecule has 2 saturated heterocycles. The van der Waals surface area contributed by atoms with E-state index >= 15 is 0 Å². The van der Waals surface area contributed by atoms with Crippen LogP contribution in [0.4, 0.5) is 5.69 Å². The summed E-state index contributed by atoms with van der Waals surface area (Å²) in [6, 6.07) is 15.6. The Bertz CT molecular complexity index is 1200. The van der Waals surface area contributed by atoms with Gasteiger partial charge in [-0.3, -0.25) is 9.59 Å². The lowest BCUT2D eigenvalue weighted by Crippen LogP contribution is -2.46. The van der Waals surface area contributed by atoms with Gasteiger partial charge in [0.05, 0.1) is 43.0 Å². The summed E-state index contributed by atoms with van der Waals surface area (Å²) in [7, 11) is 0. The number of carbonyl (C=O) groups excluding carboxylic acids is 2. The van der Waals surface area contributed by atoms with Gasteiger partial charge in [0, 0.05) is 27.5 Å². The molecule has 2 N–H and O–H groups in total. The van der Waals surface area contributed by atoms with Crippen LogP contribution < -0.4 is 4.90 Å². The summed E-state index contributed by atoms with van der Waals surface area (Å²) in [5.74, 6) is -1.07. The number of likely N-dealkylation sites (tertiary alicyclic amines) is 1. The minimum atomic E-state index is -1.28. The average molecular weight is 619 g/mol. The number of hydrogen-bond donors (Lipinski definition) is 2. The standard InChI is InChI=1S/C29H35IN2O5/c1-18-26(28(2,3)36)24(15-25(34)31-13-7-10-21(31)17-33)37-29(18)22-11-4-5-12-23(22)32(27(29)35)16-19-8-6-9-20(30)14-19/h4-6,8-9,11-12,14,18,21,24,26,33,36H,7,10,13,15-17H2,1-3H3/t18-,21-,24+,26-,29+/m0/s1. The quantitative estimate of drug-likeness (QED) is 0.481. The highest BCUT2D eigenvalue weighted by molar-refractivity contribution is 14.1. The molecule has 2 amide bonds. The van der Waals surface area contributed by atoms with E-state index in [1.165, 1.54) is 0 Å². The van der Waals surface area contributed by atoms with Crippen molar-refractivity contribution in [2.75, 3.05) is 18.1 Å². The Morgan fingerprint density at radius 3 is 2.68 bits per heavy atom. The molecule has 37 heavy (non-hydrogen) atoms. The number of hydrogen-bond acceptors (Lipinski definition) is 5. The molecule has 0 unspecified atom stereocenters. The Hall–Kier alpha value is -2.01. The molecular weight excluding hydrogens is 583 g/mol. The number of fused-ring (bicyclic) bond motifs is 2. The van der Waals surface area contributed by atoms with Crippen LogP contribution in [0.3, 0.4) is 0 Å². The van der Waals surface area contributed by atoms with Crippen LogP contribution in [0, 0.1) is 15.4 Å². The molecular formula is C29H35IN2O5. The van der Waals surface area contributed by atoms with Gasteiger partial charge in [0.2, 0.25) is 5.91 Å². The third-order valence-electron chi connectivity index (χ3n) is 8.41. The number of nitrogens with zero attached hydrogens (tertiary/aromatic N) is 2. The molecule has 2 aromatic rings. The summed E-state index contributed by atoms with van der Waals surface area (Å²) in [5.41, 5.74) is 0.159. The molecule has 2 aromatic carbocycles. The molecule has 5 atom stereocenters. The highest BCUT2D eigenvalue weighted by Gasteiger charge is 2.66. The maximum Gasteiger partial charge on any atom is 0.264 e. The Kier molecular flexibility index (Phi) is 7.15. The van der Waals surface area contributed by atoms with E-state index in [1.54, 1.807) is 23.6 Å². The van der Waals surface area contributed by atoms with Gasteiger partial charge in [-0.05, 0) is 73.0 Å². The normalized spacial score (nSPS) is 29.4. The lowest BCUT2D eigenvalue weighted by atomic mass is 9.71. The van der Waals surface area contributed by atoms with Gasteiger partial charge < -0.3 is 24.7 Å². The van der Waals surface area contributed by atoms with Crippen molar-refractivity contribution in [3.63, 3.8) is 0 Å². The van der Waals surface area contributed by atoms with Crippen LogP contribution in [0.2, 0.25) is 0 Å². The average Bonchev–Trinajstić information content (AvgIpc) is 3.50. The number of benzene rings is 2. The van der Waals surface area contributed by atoms with E-state index < -0.39 is 23.2 Å². The first kappa shape index (κ1) is 26.6. The fourth-order valence-electron chi connectivity index (χ4n) is 6.85. The van der Waals surface area contributed by atoms with Crippen molar-refractivity contribution in [2.45, 2.75) is 69.9 Å². The molecule has 7 nitrogen and oxygen atoms in total. The largest absolute Gasteiger partial charge is 0.394 e. The second-order valence-corrected chi connectivity index (χ2v) is 12.4. The lowest BCUT2D eigenvalue weighted by molar-refractivity contribution is -0.150. The van der Waals surface area contributed by atoms with E-state index in [0.717, 1.165) is 33.2 Å². The number of para-hydroxylation sites is 1. The zero-order valence-corrected chi connectivity index (χ0v) is 23.7. The van der Waals surface area contributed by atoms with E-state index in [1.807, 2.05) is 49.4 Å². The molecule has 1 spiro atoms. The summed E-state index contributed by atoms with van der Waals surface area (Å²) in [4.78, 5) is 31.2. The maximum atomic E-state index is 14.3. The Balaban J connectivity index is 1.51. The maximum absolute atomic E-state index is 14.3. The van der Waals surface area contributed by atoms with Gasteiger partial charge >= 0.3 is 0 Å². The Morgan fingerprint density at radius 2 is 1.97 bits per heavy atom. The molecule has 5 rings (SSSR count). The molecule has 3 aliphatic heterocycles. The second-order valence-electron chi connectivity index (χ2n) is 11.2. The molecule has 0 aliphatic carbocycles. The number of amides is 2. The third kappa shape index (κ3) is 4.49. The van der Waals surface area contributed by atoms with E-state index in [9.17, 15) is 19.8 Å². The Morgan fingerprint density at radius 1 is 1.22 bits per heavy atom. The molecule has 3 heterocycles. The zero-order chi connectivity index (χ0) is 26.5. The van der Waals surface area contributed by atoms with Crippen LogP contribution in [0.25, 0.3) is 0 Å². The van der Waals surface area contributed by atoms with Gasteiger partial charge in [-0.2, -0.15) is 0 Å². The van der Waals surface area contributed by atoms with Crippen molar-refractivity contribution in [1.29, 1.82) is 0 Å². The topological polar surface area (TPSA) is 90.3 Å². The summed E-state index contributed by atoms with van der Waals surface area (Å²) in [5, 5.41) is 21.0. The van der Waals surface area contributed by atoms with Gasteiger partial charge in [-0.1, -0.05) is 37.3 Å². The van der Waals surface area contributed by atoms with Gasteiger partial charge in [0.25, 0.3) is 5.91 Å². The number of aliphatic hydroxyl groups excluding tert-OH is 1. The van der Waals surface area contributed by atoms with Gasteiger partial charge in [-0.25, -0.2) is 0 Å². The second kappa shape index (κ2) is 9.94. The van der Waals surface area contributed by atoms with Gasteiger partial charge in [0.15, 0.2) is 5.60 Å². The van der Waals surface area contributed by atoms with Gasteiger partial charge in [0.1, 0.15) is 0 Å². The molecule has 198 valence electrons. The first-order valence-corrected chi connectivity index (χ1v) is 14.1. The minimum absolute atomic E-state index is 0.0591. The van der Waals surface area contributed by atoms with E-state index in [2.05, 4.69) is 28.7 Å². The summed E-state index contributed by atoms with van der Waals surface area (Å²) in [6.07, 6.45) is 1.06. The van der Waals surface area contributed by atoms with Crippen LogP contribution in [0.5, 0.6) is 0 Å². The smallest absolute Gasteiger partial charge is 0.264 e. The Labute approximate surface area is 231 Å². The SMILES string of the molecule is C[C@H]1[C@H](C(C)(C)O)[C@@H](CC(=O)N2CCC[C@H]2CO)O[C@]12C(=O)N(Cc1cccc(I)c1)c1ccccc12. The first-order chi connectivity index (χ1) is 17.6. The van der Waals surface area contributed by atoms with Crippen LogP contribution >= 0.6 is 22.6 Å². The monoisotopic (exact) mass is 618 g/mol. The number of anilines is 1. The number of ether oxygens (including phenoxy) is 1. The number of aliphatic hydroxyl groups is 2. The number of rotatable bonds is 6. The van der Waals surface area contributed by atoms with Crippen molar-refractivity contribution in [2.24, 2.45) is 11.8 Å². The van der Waals surface area contributed by atoms with Crippen LogP contribution in [0.1, 0.15) is 51.2 Å². The zero-order valence-electron chi connectivity index (χ0n) is 21.6. The van der Waals surface area contributed by atoms with Crippen molar-refractivity contribution >= 4 is 40.1 Å². The van der Waals surface area contributed by atoms with Crippen LogP contribution in [-0.4, -0.2) is 57.8 Å². The van der Waals surface area contributed by atoms with Crippen LogP contribution in [-0.2, 0) is 26.5 Å². The summed E-state index contributed by atoms with van der Waals surface area (Å²) in [6.45, 7) is 6.38. The molecule has 0 saturated carbocycles. The molecule has 0 bridgehead atoms. The lowest BCUT2D eigenvalue weighted by Gasteiger charge is -2.34. The minimum Gasteiger partial charge on any atom is -0.394 e. The summed E-state index contributed by atoms with van der Waals surface area (Å²) < 4.78 is 7.82. The van der Waals surface area contributed by atoms with Crippen molar-refractivity contribution in [3.05, 3.63) is 63.2 Å². The highest BCUT2D eigenvalue weighted by Crippen LogP contribution is 2.58. The molecule has 3 aliphatic rings. The third-order valence-corrected chi connectivity index (χ3v) is 9.08. The fraction of sp³-hybridized carbons (Fsp3) is 0.517. The fourth-order valence-corrected chi connectivity index (χ4v) is 7.46. The van der Waals surface area contributed by atoms with Crippen LogP contribution in [0.15, 0.2) is 48.5 Å². The summed E-state index contributed by atoms with van der Waals surface area (Å²) >= 11 is 2.27. The van der Waals surface area contributed by atoms with E-state index in [-0.39, 0.29) is 36.8 Å². The highest BCUT2D eigenvalue weighted by atomic mass is 127. The predicted molar refractivity (Wildman–Crippen MR) is 149 cm³/mol. The van der Waals surface area contributed by atoms with Crippen molar-refractivity contribution in [1.82, 2.24) is 4.90 Å².